The van der Waals surface area contributed by atoms with Gasteiger partial charge in [0.1, 0.15) is 11.2 Å². The lowest BCUT2D eigenvalue weighted by Gasteiger charge is -2.22. The number of hydrogen-bond acceptors (Lipinski definition) is 1. The number of rotatable bonds is 1. The van der Waals surface area contributed by atoms with Gasteiger partial charge in [0.15, 0.2) is 0 Å². The van der Waals surface area contributed by atoms with Gasteiger partial charge in [0.05, 0.1) is 16.7 Å². The fourth-order valence-corrected chi connectivity index (χ4v) is 8.76. The van der Waals surface area contributed by atoms with E-state index in [0.717, 1.165) is 11.2 Å². The fourth-order valence-electron chi connectivity index (χ4n) is 8.76. The molecule has 0 atom stereocenters. The Morgan fingerprint density at radius 3 is 2.16 bits per heavy atom. The van der Waals surface area contributed by atoms with E-state index in [1.807, 2.05) is 6.07 Å². The van der Waals surface area contributed by atoms with Crippen molar-refractivity contribution < 1.29 is 4.42 Å². The molecule has 0 amide bonds. The Labute approximate surface area is 259 Å². The zero-order valence-electron chi connectivity index (χ0n) is 25.0. The van der Waals surface area contributed by atoms with E-state index >= 15 is 0 Å². The minimum absolute atomic E-state index is 0.0657. The lowest BCUT2D eigenvalue weighted by Crippen LogP contribution is -2.15. The Hall–Kier alpha value is -5.60. The summed E-state index contributed by atoms with van der Waals surface area (Å²) in [5.41, 5.74) is 16.2. The van der Waals surface area contributed by atoms with Gasteiger partial charge in [0.25, 0.3) is 0 Å². The van der Waals surface area contributed by atoms with Gasteiger partial charge in [-0.15, -0.1) is 0 Å². The Balaban J connectivity index is 1.24. The normalized spacial score (nSPS) is 14.2. The molecule has 7 aromatic carbocycles. The molecule has 210 valence electrons. The molecule has 2 heterocycles. The van der Waals surface area contributed by atoms with Crippen LogP contribution in [0.15, 0.2) is 132 Å². The number of nitrogens with zero attached hydrogens (tertiary/aromatic N) is 1. The lowest BCUT2D eigenvalue weighted by molar-refractivity contribution is 0.661. The second-order valence-corrected chi connectivity index (χ2v) is 13.3. The topological polar surface area (TPSA) is 18.1 Å². The first-order valence-electron chi connectivity index (χ1n) is 15.8. The average molecular weight is 574 g/mol. The van der Waals surface area contributed by atoms with Crippen molar-refractivity contribution in [2.24, 2.45) is 0 Å². The highest BCUT2D eigenvalue weighted by molar-refractivity contribution is 6.26. The van der Waals surface area contributed by atoms with Gasteiger partial charge in [-0.1, -0.05) is 98.8 Å². The molecule has 9 aromatic rings. The van der Waals surface area contributed by atoms with Crippen molar-refractivity contribution >= 4 is 54.5 Å². The summed E-state index contributed by atoms with van der Waals surface area (Å²) in [5, 5.41) is 7.57. The summed E-state index contributed by atoms with van der Waals surface area (Å²) in [6.45, 7) is 4.74. The summed E-state index contributed by atoms with van der Waals surface area (Å²) in [4.78, 5) is 0. The van der Waals surface area contributed by atoms with E-state index in [9.17, 15) is 0 Å². The predicted molar refractivity (Wildman–Crippen MR) is 188 cm³/mol. The van der Waals surface area contributed by atoms with Crippen LogP contribution in [0.25, 0.3) is 93.6 Å². The monoisotopic (exact) mass is 573 g/mol. The van der Waals surface area contributed by atoms with Crippen molar-refractivity contribution in [3.63, 3.8) is 0 Å². The van der Waals surface area contributed by atoms with Gasteiger partial charge in [-0.05, 0) is 86.8 Å². The maximum absolute atomic E-state index is 6.32. The van der Waals surface area contributed by atoms with Crippen LogP contribution in [0, 0.1) is 0 Å². The van der Waals surface area contributed by atoms with Gasteiger partial charge >= 0.3 is 0 Å². The number of fused-ring (bicyclic) bond motifs is 13. The zero-order valence-corrected chi connectivity index (χ0v) is 25.0. The second kappa shape index (κ2) is 7.91. The highest BCUT2D eigenvalue weighted by atomic mass is 16.3. The van der Waals surface area contributed by atoms with Crippen molar-refractivity contribution in [1.29, 1.82) is 0 Å². The Morgan fingerprint density at radius 1 is 0.467 bits per heavy atom. The summed E-state index contributed by atoms with van der Waals surface area (Å²) in [6.07, 6.45) is 0. The number of hydrogen-bond donors (Lipinski definition) is 0. The number of benzene rings is 7. The Kier molecular flexibility index (Phi) is 4.19. The minimum atomic E-state index is -0.0657. The van der Waals surface area contributed by atoms with Crippen LogP contribution in [0.5, 0.6) is 0 Å². The van der Waals surface area contributed by atoms with Crippen LogP contribution in [0.4, 0.5) is 0 Å². The van der Waals surface area contributed by atoms with Crippen LogP contribution in [-0.4, -0.2) is 4.57 Å². The third-order valence-electron chi connectivity index (χ3n) is 10.7. The lowest BCUT2D eigenvalue weighted by atomic mass is 9.82. The van der Waals surface area contributed by atoms with E-state index in [1.54, 1.807) is 0 Å². The average Bonchev–Trinajstić information content (AvgIpc) is 3.77. The van der Waals surface area contributed by atoms with Gasteiger partial charge < -0.3 is 8.98 Å². The van der Waals surface area contributed by atoms with E-state index in [0.29, 0.717) is 0 Å². The Bertz CT molecular complexity index is 2790. The van der Waals surface area contributed by atoms with E-state index in [-0.39, 0.29) is 5.41 Å². The molecule has 0 unspecified atom stereocenters. The van der Waals surface area contributed by atoms with Crippen molar-refractivity contribution in [2.45, 2.75) is 19.3 Å². The minimum Gasteiger partial charge on any atom is -0.456 e. The zero-order chi connectivity index (χ0) is 29.6. The van der Waals surface area contributed by atoms with Gasteiger partial charge in [0, 0.05) is 37.9 Å². The standard InChI is InChI=1S/C43H27NO/c1-43(2)33-15-6-3-10-24(33)31-22-32-25-11-4-7-16-35(25)44(37(32)23-34(31)43)36-20-18-30-40-26(13-9-14-28(36)40)27-19-21-39-42(41(27)30)29-12-5-8-17-38(29)45-39/h3-23H,1-2H3. The molecule has 0 aliphatic heterocycles. The van der Waals surface area contributed by atoms with Crippen molar-refractivity contribution in [1.82, 2.24) is 4.57 Å². The molecule has 0 saturated heterocycles. The quantitative estimate of drug-likeness (QED) is 0.191. The van der Waals surface area contributed by atoms with Crippen molar-refractivity contribution in [2.75, 3.05) is 0 Å². The smallest absolute Gasteiger partial charge is 0.136 e. The van der Waals surface area contributed by atoms with Crippen LogP contribution in [0.1, 0.15) is 25.0 Å². The van der Waals surface area contributed by atoms with Gasteiger partial charge in [-0.3, -0.25) is 0 Å². The largest absolute Gasteiger partial charge is 0.456 e. The summed E-state index contributed by atoms with van der Waals surface area (Å²) in [5.74, 6) is 0. The summed E-state index contributed by atoms with van der Waals surface area (Å²) in [6, 6.07) is 47.1. The van der Waals surface area contributed by atoms with Gasteiger partial charge in [-0.25, -0.2) is 0 Å². The molecule has 45 heavy (non-hydrogen) atoms. The molecule has 2 aliphatic carbocycles. The molecule has 2 aromatic heterocycles. The molecule has 0 radical (unpaired) electrons. The first kappa shape index (κ1) is 23.8. The SMILES string of the molecule is CC1(C)c2ccccc2-c2cc3c4ccccc4n(-c4ccc5c6c(cccc46)-c4ccc6oc7ccccc7c6c4-5)c3cc21. The number of aromatic nitrogens is 1. The van der Waals surface area contributed by atoms with Gasteiger partial charge in [-0.2, -0.15) is 0 Å². The Morgan fingerprint density at radius 2 is 1.22 bits per heavy atom. The van der Waals surface area contributed by atoms with Crippen LogP contribution < -0.4 is 0 Å². The van der Waals surface area contributed by atoms with E-state index < -0.39 is 0 Å². The van der Waals surface area contributed by atoms with E-state index in [1.165, 1.54) is 93.5 Å². The summed E-state index contributed by atoms with van der Waals surface area (Å²) >= 11 is 0. The first-order chi connectivity index (χ1) is 22.1. The van der Waals surface area contributed by atoms with Crippen molar-refractivity contribution in [3.05, 3.63) is 139 Å². The van der Waals surface area contributed by atoms with E-state index in [2.05, 4.69) is 140 Å². The third-order valence-corrected chi connectivity index (χ3v) is 10.7. The number of furan rings is 1. The van der Waals surface area contributed by atoms with E-state index in [4.69, 9.17) is 4.42 Å². The third kappa shape index (κ3) is 2.78. The maximum Gasteiger partial charge on any atom is 0.136 e. The predicted octanol–water partition coefficient (Wildman–Crippen LogP) is 11.8. The van der Waals surface area contributed by atoms with Crippen LogP contribution in [-0.2, 0) is 5.41 Å². The molecule has 0 bridgehead atoms. The summed E-state index contributed by atoms with van der Waals surface area (Å²) in [7, 11) is 0. The highest BCUT2D eigenvalue weighted by Crippen LogP contribution is 2.54. The fraction of sp³-hybridized carbons (Fsp3) is 0.0698. The molecule has 11 rings (SSSR count). The van der Waals surface area contributed by atoms with Gasteiger partial charge in [0.2, 0.25) is 0 Å². The van der Waals surface area contributed by atoms with Crippen LogP contribution >= 0.6 is 0 Å². The van der Waals surface area contributed by atoms with Crippen LogP contribution in [0.3, 0.4) is 0 Å². The molecule has 2 nitrogen and oxygen atoms in total. The number of para-hydroxylation sites is 2. The first-order valence-corrected chi connectivity index (χ1v) is 15.8. The molecule has 0 saturated carbocycles. The molecular weight excluding hydrogens is 546 g/mol. The molecule has 2 aliphatic rings. The molecule has 0 spiro atoms. The highest BCUT2D eigenvalue weighted by Gasteiger charge is 2.36. The van der Waals surface area contributed by atoms with Crippen LogP contribution in [0.2, 0.25) is 0 Å². The second-order valence-electron chi connectivity index (χ2n) is 13.3. The molecule has 0 fully saturated rings. The molecule has 0 N–H and O–H groups in total. The molecule has 2 heteroatoms. The summed E-state index contributed by atoms with van der Waals surface area (Å²) < 4.78 is 8.84. The van der Waals surface area contributed by atoms with Crippen molar-refractivity contribution in [3.8, 4) is 39.1 Å². The maximum atomic E-state index is 6.32. The molecular formula is C43H27NO.